The zero-order chi connectivity index (χ0) is 14.4. The minimum absolute atomic E-state index is 0.355. The van der Waals surface area contributed by atoms with Crippen molar-refractivity contribution in [3.05, 3.63) is 35.4 Å². The summed E-state index contributed by atoms with van der Waals surface area (Å²) in [7, 11) is 0. The molecule has 1 heterocycles. The van der Waals surface area contributed by atoms with E-state index in [0.717, 1.165) is 37.9 Å². The first-order chi connectivity index (χ1) is 9.70. The zero-order valence-corrected chi connectivity index (χ0v) is 12.8. The van der Waals surface area contributed by atoms with Gasteiger partial charge in [0, 0.05) is 6.61 Å². The highest BCUT2D eigenvalue weighted by molar-refractivity contribution is 5.26. The summed E-state index contributed by atoms with van der Waals surface area (Å²) in [6, 6.07) is 8.47. The molecule has 0 radical (unpaired) electrons. The molecule has 0 aliphatic carbocycles. The number of benzene rings is 1. The Balaban J connectivity index is 1.83. The van der Waals surface area contributed by atoms with E-state index in [-0.39, 0.29) is 6.10 Å². The van der Waals surface area contributed by atoms with Crippen molar-refractivity contribution in [2.45, 2.75) is 70.5 Å². The van der Waals surface area contributed by atoms with Gasteiger partial charge in [-0.25, -0.2) is 0 Å². The standard InChI is InChI=1S/C18H28O2/c1-3-14(2)15-7-9-16(10-8-15)18(19)12-11-17-6-4-5-13-20-17/h7-10,14,17-19H,3-6,11-13H2,1-2H3. The fraction of sp³-hybridized carbons (Fsp3) is 0.667. The van der Waals surface area contributed by atoms with E-state index < -0.39 is 0 Å². The van der Waals surface area contributed by atoms with Crippen LogP contribution < -0.4 is 0 Å². The van der Waals surface area contributed by atoms with Gasteiger partial charge in [0.15, 0.2) is 0 Å². The van der Waals surface area contributed by atoms with E-state index >= 15 is 0 Å². The minimum atomic E-state index is -0.355. The van der Waals surface area contributed by atoms with Crippen molar-refractivity contribution in [2.75, 3.05) is 6.61 Å². The van der Waals surface area contributed by atoms with Gasteiger partial charge in [-0.15, -0.1) is 0 Å². The summed E-state index contributed by atoms with van der Waals surface area (Å²) in [5.41, 5.74) is 2.40. The topological polar surface area (TPSA) is 29.5 Å². The lowest BCUT2D eigenvalue weighted by Gasteiger charge is -2.23. The van der Waals surface area contributed by atoms with E-state index in [1.54, 1.807) is 0 Å². The van der Waals surface area contributed by atoms with Crippen LogP contribution in [-0.2, 0) is 4.74 Å². The van der Waals surface area contributed by atoms with E-state index in [1.807, 2.05) is 0 Å². The van der Waals surface area contributed by atoms with Crippen molar-refractivity contribution in [1.82, 2.24) is 0 Å². The molecule has 1 aliphatic rings. The van der Waals surface area contributed by atoms with Gasteiger partial charge in [0.2, 0.25) is 0 Å². The Morgan fingerprint density at radius 2 is 1.90 bits per heavy atom. The Bertz CT molecular complexity index is 379. The smallest absolute Gasteiger partial charge is 0.0791 e. The van der Waals surface area contributed by atoms with E-state index in [9.17, 15) is 5.11 Å². The maximum Gasteiger partial charge on any atom is 0.0791 e. The van der Waals surface area contributed by atoms with Crippen LogP contribution in [0.3, 0.4) is 0 Å². The molecule has 0 saturated carbocycles. The van der Waals surface area contributed by atoms with Crippen molar-refractivity contribution in [1.29, 1.82) is 0 Å². The summed E-state index contributed by atoms with van der Waals surface area (Å²) in [4.78, 5) is 0. The molecule has 2 heteroatoms. The van der Waals surface area contributed by atoms with Gasteiger partial charge in [0.1, 0.15) is 0 Å². The third-order valence-corrected chi connectivity index (χ3v) is 4.54. The van der Waals surface area contributed by atoms with E-state index in [1.165, 1.54) is 18.4 Å². The molecule has 2 rings (SSSR count). The van der Waals surface area contributed by atoms with Crippen molar-refractivity contribution >= 4 is 0 Å². The SMILES string of the molecule is CCC(C)c1ccc(C(O)CCC2CCCCO2)cc1. The number of ether oxygens (including phenoxy) is 1. The zero-order valence-electron chi connectivity index (χ0n) is 12.8. The van der Waals surface area contributed by atoms with E-state index in [0.29, 0.717) is 12.0 Å². The molecule has 0 amide bonds. The molecule has 1 saturated heterocycles. The minimum Gasteiger partial charge on any atom is -0.388 e. The Morgan fingerprint density at radius 1 is 1.20 bits per heavy atom. The molecule has 1 aliphatic heterocycles. The quantitative estimate of drug-likeness (QED) is 0.824. The van der Waals surface area contributed by atoms with Gasteiger partial charge in [-0.3, -0.25) is 0 Å². The van der Waals surface area contributed by atoms with E-state index in [4.69, 9.17) is 4.74 Å². The lowest BCUT2D eigenvalue weighted by atomic mass is 9.95. The summed E-state index contributed by atoms with van der Waals surface area (Å²) in [6.45, 7) is 5.34. The highest BCUT2D eigenvalue weighted by atomic mass is 16.5. The second-order valence-electron chi connectivity index (χ2n) is 6.06. The lowest BCUT2D eigenvalue weighted by molar-refractivity contribution is 0.00213. The van der Waals surface area contributed by atoms with Crippen LogP contribution in [0.2, 0.25) is 0 Å². The van der Waals surface area contributed by atoms with Gasteiger partial charge in [-0.05, 0) is 55.6 Å². The summed E-state index contributed by atoms with van der Waals surface area (Å²) in [5.74, 6) is 0.594. The fourth-order valence-corrected chi connectivity index (χ4v) is 2.83. The molecule has 20 heavy (non-hydrogen) atoms. The summed E-state index contributed by atoms with van der Waals surface area (Å²) in [5, 5.41) is 10.3. The van der Waals surface area contributed by atoms with Crippen molar-refractivity contribution in [3.8, 4) is 0 Å². The summed E-state index contributed by atoms with van der Waals surface area (Å²) < 4.78 is 5.72. The molecule has 1 N–H and O–H groups in total. The molecule has 3 atom stereocenters. The van der Waals surface area contributed by atoms with Gasteiger partial charge >= 0.3 is 0 Å². The number of hydrogen-bond donors (Lipinski definition) is 1. The van der Waals surface area contributed by atoms with Crippen molar-refractivity contribution < 1.29 is 9.84 Å². The predicted molar refractivity (Wildman–Crippen MR) is 82.9 cm³/mol. The monoisotopic (exact) mass is 276 g/mol. The molecule has 112 valence electrons. The second-order valence-corrected chi connectivity index (χ2v) is 6.06. The molecular weight excluding hydrogens is 248 g/mol. The molecular formula is C18H28O2. The number of rotatable bonds is 6. The van der Waals surface area contributed by atoms with Crippen LogP contribution in [0.4, 0.5) is 0 Å². The second kappa shape index (κ2) is 7.80. The normalized spacial score (nSPS) is 22.4. The molecule has 2 nitrogen and oxygen atoms in total. The largest absolute Gasteiger partial charge is 0.388 e. The van der Waals surface area contributed by atoms with Gasteiger partial charge in [-0.1, -0.05) is 38.1 Å². The van der Waals surface area contributed by atoms with Crippen LogP contribution in [0.25, 0.3) is 0 Å². The molecule has 0 bridgehead atoms. The highest BCUT2D eigenvalue weighted by Gasteiger charge is 2.16. The lowest BCUT2D eigenvalue weighted by Crippen LogP contribution is -2.19. The van der Waals surface area contributed by atoms with Gasteiger partial charge in [0.05, 0.1) is 12.2 Å². The number of hydrogen-bond acceptors (Lipinski definition) is 2. The molecule has 1 aromatic rings. The average molecular weight is 276 g/mol. The Kier molecular flexibility index (Phi) is 6.06. The van der Waals surface area contributed by atoms with Crippen molar-refractivity contribution in [2.24, 2.45) is 0 Å². The Labute approximate surface area is 123 Å². The first-order valence-corrected chi connectivity index (χ1v) is 8.10. The number of aliphatic hydroxyl groups is 1. The van der Waals surface area contributed by atoms with Gasteiger partial charge in [-0.2, -0.15) is 0 Å². The first kappa shape index (κ1) is 15.5. The molecule has 0 aromatic heterocycles. The van der Waals surface area contributed by atoms with Crippen molar-refractivity contribution in [3.63, 3.8) is 0 Å². The summed E-state index contributed by atoms with van der Waals surface area (Å²) in [6.07, 6.45) is 6.53. The van der Waals surface area contributed by atoms with Gasteiger partial charge < -0.3 is 9.84 Å². The van der Waals surface area contributed by atoms with Crippen LogP contribution in [0.15, 0.2) is 24.3 Å². The Hall–Kier alpha value is -0.860. The van der Waals surface area contributed by atoms with Crippen LogP contribution in [-0.4, -0.2) is 17.8 Å². The average Bonchev–Trinajstić information content (AvgIpc) is 2.53. The summed E-state index contributed by atoms with van der Waals surface area (Å²) >= 11 is 0. The molecule has 1 fully saturated rings. The molecule has 3 unspecified atom stereocenters. The fourth-order valence-electron chi connectivity index (χ4n) is 2.83. The van der Waals surface area contributed by atoms with E-state index in [2.05, 4.69) is 38.1 Å². The Morgan fingerprint density at radius 3 is 2.50 bits per heavy atom. The molecule has 0 spiro atoms. The van der Waals surface area contributed by atoms with Crippen LogP contribution in [0, 0.1) is 0 Å². The van der Waals surface area contributed by atoms with Gasteiger partial charge in [0.25, 0.3) is 0 Å². The number of aliphatic hydroxyl groups excluding tert-OH is 1. The predicted octanol–water partition coefficient (Wildman–Crippen LogP) is 4.58. The maximum atomic E-state index is 10.3. The third kappa shape index (κ3) is 4.32. The first-order valence-electron chi connectivity index (χ1n) is 8.10. The van der Waals surface area contributed by atoms with Crippen LogP contribution in [0.1, 0.15) is 75.5 Å². The maximum absolute atomic E-state index is 10.3. The van der Waals surface area contributed by atoms with Crippen LogP contribution in [0.5, 0.6) is 0 Å². The van der Waals surface area contributed by atoms with Crippen LogP contribution >= 0.6 is 0 Å². The molecule has 1 aromatic carbocycles. The highest BCUT2D eigenvalue weighted by Crippen LogP contribution is 2.25. The third-order valence-electron chi connectivity index (χ3n) is 4.54.